The first-order valence-corrected chi connectivity index (χ1v) is 7.39. The van der Waals surface area contributed by atoms with E-state index in [0.29, 0.717) is 5.92 Å². The summed E-state index contributed by atoms with van der Waals surface area (Å²) in [5.74, 6) is 0.270. The van der Waals surface area contributed by atoms with Gasteiger partial charge in [-0.3, -0.25) is 0 Å². The number of nitrogens with zero attached hydrogens (tertiary/aromatic N) is 1. The maximum Gasteiger partial charge on any atom is 0.212 e. The van der Waals surface area contributed by atoms with Crippen molar-refractivity contribution in [2.24, 2.45) is 5.92 Å². The van der Waals surface area contributed by atoms with Crippen LogP contribution in [0.2, 0.25) is 0 Å². The molecule has 0 aromatic carbocycles. The molecular formula is C14H18FNS. The van der Waals surface area contributed by atoms with Crippen molar-refractivity contribution < 1.29 is 4.39 Å². The average Bonchev–Trinajstić information content (AvgIpc) is 2.39. The maximum atomic E-state index is 12.6. The molecule has 0 saturated heterocycles. The Morgan fingerprint density at radius 3 is 2.65 bits per heavy atom. The van der Waals surface area contributed by atoms with Crippen LogP contribution in [0.3, 0.4) is 0 Å². The number of halogens is 1. The lowest BCUT2D eigenvalue weighted by atomic mass is 9.88. The Bertz CT molecular complexity index is 366. The van der Waals surface area contributed by atoms with Gasteiger partial charge in [-0.15, -0.1) is 0 Å². The summed E-state index contributed by atoms with van der Waals surface area (Å²) in [5.41, 5.74) is 0.985. The van der Waals surface area contributed by atoms with E-state index in [9.17, 15) is 4.39 Å². The van der Waals surface area contributed by atoms with Crippen LogP contribution in [0.4, 0.5) is 4.39 Å². The standard InChI is InChI=1S/C14H18FNS/c1-17-13-7-4-11(5-8-13)2-3-12-6-9-14(15)16-10-12/h2-3,6,9-11,13H,4-5,7-8H2,1H3/b3-2+. The Morgan fingerprint density at radius 2 is 2.06 bits per heavy atom. The molecule has 1 heterocycles. The summed E-state index contributed by atoms with van der Waals surface area (Å²) in [6, 6.07) is 3.18. The van der Waals surface area contributed by atoms with Crippen molar-refractivity contribution in [1.29, 1.82) is 0 Å². The van der Waals surface area contributed by atoms with Crippen LogP contribution in [-0.2, 0) is 0 Å². The van der Waals surface area contributed by atoms with E-state index in [1.54, 1.807) is 12.3 Å². The number of aromatic nitrogens is 1. The smallest absolute Gasteiger partial charge is 0.212 e. The van der Waals surface area contributed by atoms with Crippen LogP contribution in [0.15, 0.2) is 24.4 Å². The number of allylic oxidation sites excluding steroid dienone is 1. The minimum atomic E-state index is -0.414. The molecule has 3 heteroatoms. The monoisotopic (exact) mass is 251 g/mol. The molecule has 0 radical (unpaired) electrons. The molecule has 0 aliphatic heterocycles. The minimum Gasteiger partial charge on any atom is -0.228 e. The predicted octanol–water partition coefficient (Wildman–Crippen LogP) is 4.16. The van der Waals surface area contributed by atoms with Crippen LogP contribution in [0.1, 0.15) is 31.2 Å². The molecule has 0 spiro atoms. The highest BCUT2D eigenvalue weighted by Crippen LogP contribution is 2.31. The summed E-state index contributed by atoms with van der Waals surface area (Å²) >= 11 is 1.99. The summed E-state index contributed by atoms with van der Waals surface area (Å²) in [5, 5.41) is 0.854. The van der Waals surface area contributed by atoms with E-state index < -0.39 is 5.95 Å². The van der Waals surface area contributed by atoms with Gasteiger partial charge in [0.2, 0.25) is 5.95 Å². The summed E-state index contributed by atoms with van der Waals surface area (Å²) in [4.78, 5) is 3.65. The van der Waals surface area contributed by atoms with Gasteiger partial charge in [0, 0.05) is 11.4 Å². The van der Waals surface area contributed by atoms with Crippen LogP contribution in [0.25, 0.3) is 6.08 Å². The Balaban J connectivity index is 1.87. The molecular weight excluding hydrogens is 233 g/mol. The molecule has 1 fully saturated rings. The topological polar surface area (TPSA) is 12.9 Å². The van der Waals surface area contributed by atoms with Crippen molar-refractivity contribution >= 4 is 17.8 Å². The first kappa shape index (κ1) is 12.6. The summed E-state index contributed by atoms with van der Waals surface area (Å²) in [6.45, 7) is 0. The molecule has 0 bridgehead atoms. The van der Waals surface area contributed by atoms with E-state index >= 15 is 0 Å². The maximum absolute atomic E-state index is 12.6. The lowest BCUT2D eigenvalue weighted by Crippen LogP contribution is -2.14. The van der Waals surface area contributed by atoms with Crippen molar-refractivity contribution in [1.82, 2.24) is 4.98 Å². The van der Waals surface area contributed by atoms with Gasteiger partial charge in [0.15, 0.2) is 0 Å². The number of pyridine rings is 1. The highest BCUT2D eigenvalue weighted by atomic mass is 32.2. The average molecular weight is 251 g/mol. The van der Waals surface area contributed by atoms with E-state index in [-0.39, 0.29) is 0 Å². The second-order valence-corrected chi connectivity index (χ2v) is 5.68. The van der Waals surface area contributed by atoms with Crippen LogP contribution in [0, 0.1) is 11.9 Å². The van der Waals surface area contributed by atoms with Crippen LogP contribution >= 0.6 is 11.8 Å². The van der Waals surface area contributed by atoms with Gasteiger partial charge >= 0.3 is 0 Å². The SMILES string of the molecule is CSC1CCC(/C=C/c2ccc(F)nc2)CC1. The van der Waals surface area contributed by atoms with Crippen LogP contribution < -0.4 is 0 Å². The normalized spacial score (nSPS) is 25.3. The molecule has 1 aromatic rings. The molecule has 0 N–H and O–H groups in total. The fourth-order valence-electron chi connectivity index (χ4n) is 2.25. The molecule has 1 saturated carbocycles. The fraction of sp³-hybridized carbons (Fsp3) is 0.500. The molecule has 1 aliphatic carbocycles. The lowest BCUT2D eigenvalue weighted by molar-refractivity contribution is 0.430. The number of hydrogen-bond donors (Lipinski definition) is 0. The summed E-state index contributed by atoms with van der Waals surface area (Å²) in [6.07, 6.45) is 13.3. The van der Waals surface area contributed by atoms with Gasteiger partial charge in [-0.25, -0.2) is 4.98 Å². The van der Waals surface area contributed by atoms with E-state index in [2.05, 4.69) is 23.4 Å². The Morgan fingerprint density at radius 1 is 1.29 bits per heavy atom. The molecule has 0 unspecified atom stereocenters. The Labute approximate surface area is 107 Å². The van der Waals surface area contributed by atoms with Crippen molar-refractivity contribution in [2.75, 3.05) is 6.26 Å². The largest absolute Gasteiger partial charge is 0.228 e. The molecule has 0 atom stereocenters. The fourth-order valence-corrected chi connectivity index (χ4v) is 2.99. The number of hydrogen-bond acceptors (Lipinski definition) is 2. The third-order valence-corrected chi connectivity index (χ3v) is 4.50. The third kappa shape index (κ3) is 3.84. The first-order valence-electron chi connectivity index (χ1n) is 6.10. The highest BCUT2D eigenvalue weighted by Gasteiger charge is 2.18. The zero-order valence-electron chi connectivity index (χ0n) is 10.1. The van der Waals surface area contributed by atoms with Gasteiger partial charge in [0.05, 0.1) is 0 Å². The van der Waals surface area contributed by atoms with E-state index in [1.807, 2.05) is 11.8 Å². The van der Waals surface area contributed by atoms with Gasteiger partial charge in [0.1, 0.15) is 0 Å². The molecule has 0 amide bonds. The van der Waals surface area contributed by atoms with E-state index in [4.69, 9.17) is 0 Å². The minimum absolute atomic E-state index is 0.414. The molecule has 2 rings (SSSR count). The Kier molecular flexibility index (Phi) is 4.60. The van der Waals surface area contributed by atoms with E-state index in [0.717, 1.165) is 10.8 Å². The summed E-state index contributed by atoms with van der Waals surface area (Å²) < 4.78 is 12.6. The third-order valence-electron chi connectivity index (χ3n) is 3.36. The number of thioether (sulfide) groups is 1. The second kappa shape index (κ2) is 6.20. The van der Waals surface area contributed by atoms with Crippen molar-refractivity contribution in [3.8, 4) is 0 Å². The molecule has 1 aliphatic rings. The molecule has 92 valence electrons. The van der Waals surface area contributed by atoms with Crippen molar-refractivity contribution in [2.45, 2.75) is 30.9 Å². The molecule has 1 aromatic heterocycles. The van der Waals surface area contributed by atoms with Gasteiger partial charge in [-0.05, 0) is 55.6 Å². The zero-order valence-corrected chi connectivity index (χ0v) is 10.9. The van der Waals surface area contributed by atoms with Gasteiger partial charge in [-0.1, -0.05) is 12.2 Å². The van der Waals surface area contributed by atoms with Crippen molar-refractivity contribution in [3.63, 3.8) is 0 Å². The van der Waals surface area contributed by atoms with E-state index in [1.165, 1.54) is 31.7 Å². The lowest BCUT2D eigenvalue weighted by Gasteiger charge is -2.25. The predicted molar refractivity (Wildman–Crippen MR) is 72.5 cm³/mol. The number of rotatable bonds is 3. The highest BCUT2D eigenvalue weighted by molar-refractivity contribution is 7.99. The zero-order chi connectivity index (χ0) is 12.1. The Hall–Kier alpha value is -0.830. The van der Waals surface area contributed by atoms with Gasteiger partial charge < -0.3 is 0 Å². The second-order valence-electron chi connectivity index (χ2n) is 4.55. The molecule has 1 nitrogen and oxygen atoms in total. The molecule has 17 heavy (non-hydrogen) atoms. The van der Waals surface area contributed by atoms with Crippen molar-refractivity contribution in [3.05, 3.63) is 35.9 Å². The van der Waals surface area contributed by atoms with Crippen LogP contribution in [-0.4, -0.2) is 16.5 Å². The summed E-state index contributed by atoms with van der Waals surface area (Å²) in [7, 11) is 0. The first-order chi connectivity index (χ1) is 8.28. The van der Waals surface area contributed by atoms with Gasteiger partial charge in [-0.2, -0.15) is 16.2 Å². The van der Waals surface area contributed by atoms with Crippen LogP contribution in [0.5, 0.6) is 0 Å². The quantitative estimate of drug-likeness (QED) is 0.748. The van der Waals surface area contributed by atoms with Gasteiger partial charge in [0.25, 0.3) is 0 Å².